The molecule has 2 fully saturated rings. The van der Waals surface area contributed by atoms with Gasteiger partial charge in [0.1, 0.15) is 0 Å². The Hall–Kier alpha value is -0.910. The first-order valence-electron chi connectivity index (χ1n) is 4.17. The fraction of sp³-hybridized carbons (Fsp3) is 0.750. The quantitative estimate of drug-likeness (QED) is 0.596. The zero-order valence-electron chi connectivity index (χ0n) is 7.00. The summed E-state index contributed by atoms with van der Waals surface area (Å²) in [5, 5.41) is 0. The van der Waals surface area contributed by atoms with E-state index in [1.807, 2.05) is 0 Å². The second-order valence-electron chi connectivity index (χ2n) is 3.58. The lowest BCUT2D eigenvalue weighted by Gasteiger charge is -2.20. The Kier molecular flexibility index (Phi) is 1.92. The Morgan fingerprint density at radius 2 is 2.07 bits per heavy atom. The third kappa shape index (κ3) is 1.43. The van der Waals surface area contributed by atoms with Crippen LogP contribution in [0.25, 0.3) is 0 Å². The van der Waals surface area contributed by atoms with E-state index in [1.165, 1.54) is 0 Å². The normalized spacial score (nSPS) is 36.5. The van der Waals surface area contributed by atoms with Gasteiger partial charge >= 0.3 is 6.18 Å². The van der Waals surface area contributed by atoms with Gasteiger partial charge in [0.05, 0.1) is 6.61 Å². The SMILES string of the molecule is O=C1[C@H](C(=O)C(F)(F)F)OC[C@@H]2C[C@@H]12. The third-order valence-corrected chi connectivity index (χ3v) is 2.54. The number of carbonyl (C=O) groups is 2. The number of alkyl halides is 3. The van der Waals surface area contributed by atoms with Crippen molar-refractivity contribution in [1.29, 1.82) is 0 Å². The summed E-state index contributed by atoms with van der Waals surface area (Å²) in [4.78, 5) is 21.9. The number of hydrogen-bond acceptors (Lipinski definition) is 3. The largest absolute Gasteiger partial charge is 0.453 e. The maximum Gasteiger partial charge on any atom is 0.453 e. The molecule has 0 aromatic heterocycles. The van der Waals surface area contributed by atoms with Gasteiger partial charge in [-0.05, 0) is 12.3 Å². The molecule has 0 radical (unpaired) electrons. The van der Waals surface area contributed by atoms with E-state index in [9.17, 15) is 22.8 Å². The van der Waals surface area contributed by atoms with Crippen molar-refractivity contribution in [2.45, 2.75) is 18.7 Å². The summed E-state index contributed by atoms with van der Waals surface area (Å²) >= 11 is 0. The number of ether oxygens (including phenoxy) is 1. The summed E-state index contributed by atoms with van der Waals surface area (Å²) < 4.78 is 40.5. The number of ketones is 2. The number of fused-ring (bicyclic) bond motifs is 1. The average Bonchev–Trinajstić information content (AvgIpc) is 2.82. The van der Waals surface area contributed by atoms with E-state index in [-0.39, 0.29) is 18.4 Å². The molecule has 0 aromatic carbocycles. The van der Waals surface area contributed by atoms with Gasteiger partial charge in [-0.1, -0.05) is 0 Å². The van der Waals surface area contributed by atoms with E-state index in [4.69, 9.17) is 0 Å². The van der Waals surface area contributed by atoms with Crippen molar-refractivity contribution in [3.63, 3.8) is 0 Å². The Labute approximate surface area is 77.2 Å². The smallest absolute Gasteiger partial charge is 0.362 e. The first kappa shape index (κ1) is 9.64. The lowest BCUT2D eigenvalue weighted by Crippen LogP contribution is -2.45. The molecule has 0 amide bonds. The van der Waals surface area contributed by atoms with Crippen LogP contribution in [0, 0.1) is 11.8 Å². The Morgan fingerprint density at radius 1 is 1.43 bits per heavy atom. The minimum atomic E-state index is -4.98. The highest BCUT2D eigenvalue weighted by Gasteiger charge is 2.56. The van der Waals surface area contributed by atoms with Crippen molar-refractivity contribution in [3.8, 4) is 0 Å². The van der Waals surface area contributed by atoms with E-state index >= 15 is 0 Å². The first-order chi connectivity index (χ1) is 6.41. The molecule has 1 aliphatic carbocycles. The van der Waals surface area contributed by atoms with E-state index in [0.717, 1.165) is 0 Å². The predicted molar refractivity (Wildman–Crippen MR) is 37.4 cm³/mol. The van der Waals surface area contributed by atoms with Gasteiger partial charge in [0.15, 0.2) is 11.9 Å². The third-order valence-electron chi connectivity index (χ3n) is 2.54. The number of rotatable bonds is 1. The molecule has 2 aliphatic rings. The minimum Gasteiger partial charge on any atom is -0.362 e. The molecule has 0 N–H and O–H groups in total. The van der Waals surface area contributed by atoms with Gasteiger partial charge in [-0.25, -0.2) is 0 Å². The highest BCUT2D eigenvalue weighted by molar-refractivity contribution is 6.09. The molecule has 0 spiro atoms. The van der Waals surface area contributed by atoms with Crippen LogP contribution in [0.15, 0.2) is 0 Å². The summed E-state index contributed by atoms with van der Waals surface area (Å²) in [6.07, 6.45) is -6.33. The zero-order chi connectivity index (χ0) is 10.5. The van der Waals surface area contributed by atoms with Gasteiger partial charge in [-0.2, -0.15) is 13.2 Å². The van der Waals surface area contributed by atoms with Crippen LogP contribution >= 0.6 is 0 Å². The average molecular weight is 208 g/mol. The van der Waals surface area contributed by atoms with Gasteiger partial charge in [-0.15, -0.1) is 0 Å². The summed E-state index contributed by atoms with van der Waals surface area (Å²) in [6.45, 7) is 0.0862. The number of Topliss-reactive ketones (excluding diaryl/α,β-unsaturated/α-hetero) is 2. The monoisotopic (exact) mass is 208 g/mol. The maximum absolute atomic E-state index is 12.0. The molecule has 0 unspecified atom stereocenters. The molecule has 1 aliphatic heterocycles. The topological polar surface area (TPSA) is 43.4 Å². The first-order valence-corrected chi connectivity index (χ1v) is 4.17. The lowest BCUT2D eigenvalue weighted by molar-refractivity contribution is -0.186. The lowest BCUT2D eigenvalue weighted by atomic mass is 10.0. The summed E-state index contributed by atoms with van der Waals surface area (Å²) in [7, 11) is 0. The van der Waals surface area contributed by atoms with E-state index in [1.54, 1.807) is 0 Å². The van der Waals surface area contributed by atoms with E-state index in [0.29, 0.717) is 6.42 Å². The Balaban J connectivity index is 2.11. The van der Waals surface area contributed by atoms with Gasteiger partial charge < -0.3 is 4.74 Å². The van der Waals surface area contributed by atoms with Crippen molar-refractivity contribution >= 4 is 11.6 Å². The molecule has 1 saturated carbocycles. The molecule has 1 heterocycles. The second kappa shape index (κ2) is 2.79. The zero-order valence-corrected chi connectivity index (χ0v) is 7.00. The van der Waals surface area contributed by atoms with Gasteiger partial charge in [0.2, 0.25) is 0 Å². The molecule has 6 heteroatoms. The van der Waals surface area contributed by atoms with Crippen LogP contribution in [0.3, 0.4) is 0 Å². The van der Waals surface area contributed by atoms with Crippen molar-refractivity contribution in [2.24, 2.45) is 11.8 Å². The summed E-state index contributed by atoms with van der Waals surface area (Å²) in [5.74, 6) is -3.11. The molecule has 1 saturated heterocycles. The Bertz CT molecular complexity index is 297. The molecule has 0 aromatic rings. The standard InChI is InChI=1S/C8H7F3O3/c9-8(10,11)7(13)6-5(12)4-1-3(4)2-14-6/h3-4,6H,1-2H2/t3-,4+,6+/m0/s1. The van der Waals surface area contributed by atoms with Crippen molar-refractivity contribution in [2.75, 3.05) is 6.61 Å². The van der Waals surface area contributed by atoms with Crippen LogP contribution in [-0.4, -0.2) is 30.5 Å². The molecular weight excluding hydrogens is 201 g/mol. The maximum atomic E-state index is 12.0. The van der Waals surface area contributed by atoms with Gasteiger partial charge in [0, 0.05) is 5.92 Å². The Morgan fingerprint density at radius 3 is 2.64 bits per heavy atom. The summed E-state index contributed by atoms with van der Waals surface area (Å²) in [5.41, 5.74) is 0. The molecule has 3 nitrogen and oxygen atoms in total. The van der Waals surface area contributed by atoms with E-state index in [2.05, 4.69) is 4.74 Å². The summed E-state index contributed by atoms with van der Waals surface area (Å²) in [6, 6.07) is 0. The molecule has 78 valence electrons. The van der Waals surface area contributed by atoms with Crippen molar-refractivity contribution in [3.05, 3.63) is 0 Å². The highest BCUT2D eigenvalue weighted by Crippen LogP contribution is 2.44. The van der Waals surface area contributed by atoms with Crippen LogP contribution in [0.2, 0.25) is 0 Å². The van der Waals surface area contributed by atoms with Crippen LogP contribution < -0.4 is 0 Å². The van der Waals surface area contributed by atoms with Crippen LogP contribution in [0.4, 0.5) is 13.2 Å². The van der Waals surface area contributed by atoms with Crippen LogP contribution in [0.1, 0.15) is 6.42 Å². The highest BCUT2D eigenvalue weighted by atomic mass is 19.4. The van der Waals surface area contributed by atoms with Crippen LogP contribution in [-0.2, 0) is 14.3 Å². The van der Waals surface area contributed by atoms with Crippen molar-refractivity contribution in [1.82, 2.24) is 0 Å². The van der Waals surface area contributed by atoms with Gasteiger partial charge in [-0.3, -0.25) is 9.59 Å². The predicted octanol–water partition coefficient (Wildman–Crippen LogP) is 0.722. The van der Waals surface area contributed by atoms with E-state index < -0.39 is 23.8 Å². The number of hydrogen-bond donors (Lipinski definition) is 0. The van der Waals surface area contributed by atoms with Gasteiger partial charge in [0.25, 0.3) is 5.78 Å². The number of halogens is 3. The molecule has 14 heavy (non-hydrogen) atoms. The molecule has 3 atom stereocenters. The molecule has 2 rings (SSSR count). The molecule has 0 bridgehead atoms. The minimum absolute atomic E-state index is 0.0415. The van der Waals surface area contributed by atoms with Crippen molar-refractivity contribution < 1.29 is 27.5 Å². The number of carbonyl (C=O) groups excluding carboxylic acids is 2. The second-order valence-corrected chi connectivity index (χ2v) is 3.58. The fourth-order valence-electron chi connectivity index (χ4n) is 1.63. The van der Waals surface area contributed by atoms with Crippen LogP contribution in [0.5, 0.6) is 0 Å². The fourth-order valence-corrected chi connectivity index (χ4v) is 1.63. The molecular formula is C8H7F3O3.